The number of rotatable bonds is 1. The predicted molar refractivity (Wildman–Crippen MR) is 75.0 cm³/mol. The number of ether oxygens (including phenoxy) is 1. The average Bonchev–Trinajstić information content (AvgIpc) is 2.82. The molecule has 20 heavy (non-hydrogen) atoms. The third-order valence-electron chi connectivity index (χ3n) is 3.44. The molecule has 0 fully saturated rings. The molecule has 0 unspecified atom stereocenters. The Hall–Kier alpha value is -2.43. The average molecular weight is 270 g/mol. The fraction of sp³-hybridized carbons (Fsp3) is 0.267. The topological polar surface area (TPSA) is 61.2 Å². The van der Waals surface area contributed by atoms with Crippen LogP contribution in [0.1, 0.15) is 26.1 Å². The number of carbonyl (C=O) groups is 1. The van der Waals surface area contributed by atoms with Gasteiger partial charge in [0.2, 0.25) is 0 Å². The number of fused-ring (bicyclic) bond motifs is 2. The first-order valence-electron chi connectivity index (χ1n) is 6.46. The number of hydrogen-bond acceptors (Lipinski definition) is 4. The second kappa shape index (κ2) is 4.59. The molecule has 2 aromatic rings. The van der Waals surface area contributed by atoms with Gasteiger partial charge in [-0.05, 0) is 25.5 Å². The minimum Gasteiger partial charge on any atom is -0.431 e. The van der Waals surface area contributed by atoms with Gasteiger partial charge in [-0.2, -0.15) is 0 Å². The number of aromatic nitrogens is 2. The molecule has 1 aliphatic rings. The van der Waals surface area contributed by atoms with Crippen LogP contribution in [0.3, 0.4) is 0 Å². The van der Waals surface area contributed by atoms with E-state index in [-0.39, 0.29) is 11.5 Å². The first-order valence-corrected chi connectivity index (χ1v) is 6.46. The van der Waals surface area contributed by atoms with Crippen LogP contribution in [0, 0.1) is 0 Å². The van der Waals surface area contributed by atoms with Crippen LogP contribution >= 0.6 is 0 Å². The summed E-state index contributed by atoms with van der Waals surface area (Å²) in [6, 6.07) is 7.27. The minimum atomic E-state index is -0.364. The normalized spacial score (nSPS) is 16.1. The van der Waals surface area contributed by atoms with Crippen molar-refractivity contribution in [3.63, 3.8) is 0 Å². The largest absolute Gasteiger partial charge is 0.431 e. The Morgan fingerprint density at radius 2 is 2.05 bits per heavy atom. The number of hydrogen-bond donors (Lipinski definition) is 0. The van der Waals surface area contributed by atoms with Gasteiger partial charge < -0.3 is 4.74 Å². The number of carbonyl (C=O) groups excluding carboxylic acids is 1. The van der Waals surface area contributed by atoms with Crippen molar-refractivity contribution in [3.05, 3.63) is 46.2 Å². The summed E-state index contributed by atoms with van der Waals surface area (Å²) in [7, 11) is 0. The lowest BCUT2D eigenvalue weighted by Gasteiger charge is -2.07. The molecule has 0 bridgehead atoms. The Morgan fingerprint density at radius 1 is 1.30 bits per heavy atom. The second-order valence-electron chi connectivity index (χ2n) is 4.79. The second-order valence-corrected chi connectivity index (χ2v) is 4.79. The van der Waals surface area contributed by atoms with Gasteiger partial charge in [-0.25, -0.2) is 4.98 Å². The molecule has 0 atom stereocenters. The van der Waals surface area contributed by atoms with E-state index >= 15 is 0 Å². The highest BCUT2D eigenvalue weighted by molar-refractivity contribution is 5.80. The van der Waals surface area contributed by atoms with Crippen molar-refractivity contribution in [1.82, 2.24) is 9.55 Å². The molecule has 3 rings (SSSR count). The third kappa shape index (κ3) is 1.91. The van der Waals surface area contributed by atoms with E-state index in [1.807, 2.05) is 18.2 Å². The van der Waals surface area contributed by atoms with Gasteiger partial charge in [0.05, 0.1) is 10.9 Å². The summed E-state index contributed by atoms with van der Waals surface area (Å²) in [6.45, 7) is 3.66. The van der Waals surface area contributed by atoms with Gasteiger partial charge in [0.25, 0.3) is 5.56 Å². The molecule has 5 heteroatoms. The van der Waals surface area contributed by atoms with Crippen LogP contribution < -0.4 is 5.56 Å². The Bertz CT molecular complexity index is 802. The molecule has 5 nitrogen and oxygen atoms in total. The lowest BCUT2D eigenvalue weighted by molar-refractivity contribution is -0.136. The first-order chi connectivity index (χ1) is 9.58. The molecular weight excluding hydrogens is 256 g/mol. The van der Waals surface area contributed by atoms with Crippen LogP contribution in [0.2, 0.25) is 0 Å². The van der Waals surface area contributed by atoms with Gasteiger partial charge in [0.1, 0.15) is 11.6 Å². The molecule has 2 heterocycles. The quantitative estimate of drug-likeness (QED) is 0.588. The predicted octanol–water partition coefficient (Wildman–Crippen LogP) is 2.09. The highest BCUT2D eigenvalue weighted by atomic mass is 16.5. The van der Waals surface area contributed by atoms with E-state index < -0.39 is 0 Å². The van der Waals surface area contributed by atoms with Crippen LogP contribution in [0.15, 0.2) is 34.8 Å². The number of benzene rings is 1. The van der Waals surface area contributed by atoms with Crippen LogP contribution in [-0.4, -0.2) is 15.5 Å². The molecule has 0 N–H and O–H groups in total. The maximum absolute atomic E-state index is 12.4. The lowest BCUT2D eigenvalue weighted by Crippen LogP contribution is -2.20. The zero-order valence-electron chi connectivity index (χ0n) is 11.3. The SMILES string of the molecule is CC(=O)O/C(C)=C1\CCn2c1nc1ccccc1c2=O. The lowest BCUT2D eigenvalue weighted by atomic mass is 10.2. The Labute approximate surface area is 115 Å². The standard InChI is InChI=1S/C15H14N2O3/c1-9(20-10(2)18)11-7-8-17-14(11)16-13-6-4-3-5-12(13)15(17)19/h3-6H,7-8H2,1-2H3/b11-9+. The highest BCUT2D eigenvalue weighted by Crippen LogP contribution is 2.28. The van der Waals surface area contributed by atoms with E-state index in [1.165, 1.54) is 6.92 Å². The van der Waals surface area contributed by atoms with Gasteiger partial charge in [0, 0.05) is 19.0 Å². The number of para-hydroxylation sites is 1. The van der Waals surface area contributed by atoms with Gasteiger partial charge in [-0.15, -0.1) is 0 Å². The van der Waals surface area contributed by atoms with Crippen molar-refractivity contribution in [2.45, 2.75) is 26.8 Å². The molecule has 1 aliphatic heterocycles. The van der Waals surface area contributed by atoms with E-state index in [2.05, 4.69) is 4.98 Å². The van der Waals surface area contributed by atoms with E-state index in [1.54, 1.807) is 17.6 Å². The summed E-state index contributed by atoms with van der Waals surface area (Å²) in [5.74, 6) is 0.759. The summed E-state index contributed by atoms with van der Waals surface area (Å²) in [5.41, 5.74) is 1.44. The maximum Gasteiger partial charge on any atom is 0.307 e. The Morgan fingerprint density at radius 3 is 2.80 bits per heavy atom. The van der Waals surface area contributed by atoms with Crippen molar-refractivity contribution in [1.29, 1.82) is 0 Å². The van der Waals surface area contributed by atoms with Crippen LogP contribution in [0.25, 0.3) is 16.5 Å². The zero-order valence-corrected chi connectivity index (χ0v) is 11.3. The van der Waals surface area contributed by atoms with Gasteiger partial charge in [-0.3, -0.25) is 14.2 Å². The highest BCUT2D eigenvalue weighted by Gasteiger charge is 2.23. The van der Waals surface area contributed by atoms with Crippen molar-refractivity contribution >= 4 is 22.4 Å². The van der Waals surface area contributed by atoms with Gasteiger partial charge in [0.15, 0.2) is 0 Å². The van der Waals surface area contributed by atoms with Crippen molar-refractivity contribution < 1.29 is 9.53 Å². The van der Waals surface area contributed by atoms with E-state index in [0.29, 0.717) is 35.5 Å². The van der Waals surface area contributed by atoms with Crippen LogP contribution in [-0.2, 0) is 16.1 Å². The molecule has 0 saturated heterocycles. The minimum absolute atomic E-state index is 0.0452. The summed E-state index contributed by atoms with van der Waals surface area (Å²) >= 11 is 0. The first kappa shape index (κ1) is 12.6. The molecule has 0 amide bonds. The Kier molecular flexibility index (Phi) is 2.89. The summed E-state index contributed by atoms with van der Waals surface area (Å²) in [5, 5.41) is 0.614. The summed E-state index contributed by atoms with van der Waals surface area (Å²) in [6.07, 6.45) is 0.650. The smallest absolute Gasteiger partial charge is 0.307 e. The van der Waals surface area contributed by atoms with Crippen LogP contribution in [0.5, 0.6) is 0 Å². The molecule has 1 aromatic heterocycles. The molecule has 0 radical (unpaired) electrons. The summed E-state index contributed by atoms with van der Waals surface area (Å²) < 4.78 is 6.77. The third-order valence-corrected chi connectivity index (χ3v) is 3.44. The molecular formula is C15H14N2O3. The Balaban J connectivity index is 2.24. The summed E-state index contributed by atoms with van der Waals surface area (Å²) in [4.78, 5) is 28.0. The fourth-order valence-electron chi connectivity index (χ4n) is 2.55. The van der Waals surface area contributed by atoms with E-state index in [9.17, 15) is 9.59 Å². The monoisotopic (exact) mass is 270 g/mol. The number of esters is 1. The maximum atomic E-state index is 12.4. The molecule has 0 aliphatic carbocycles. The zero-order chi connectivity index (χ0) is 14.3. The molecule has 0 spiro atoms. The van der Waals surface area contributed by atoms with E-state index in [0.717, 1.165) is 5.57 Å². The molecule has 102 valence electrons. The number of allylic oxidation sites excluding steroid dienone is 2. The fourth-order valence-corrected chi connectivity index (χ4v) is 2.55. The van der Waals surface area contributed by atoms with Crippen molar-refractivity contribution in [2.75, 3.05) is 0 Å². The molecule has 1 aromatic carbocycles. The molecule has 0 saturated carbocycles. The van der Waals surface area contributed by atoms with E-state index in [4.69, 9.17) is 4.74 Å². The number of nitrogens with zero attached hydrogens (tertiary/aromatic N) is 2. The van der Waals surface area contributed by atoms with Gasteiger partial charge in [-0.1, -0.05) is 12.1 Å². The van der Waals surface area contributed by atoms with Crippen molar-refractivity contribution in [2.24, 2.45) is 0 Å². The van der Waals surface area contributed by atoms with Crippen molar-refractivity contribution in [3.8, 4) is 0 Å². The van der Waals surface area contributed by atoms with Gasteiger partial charge >= 0.3 is 5.97 Å². The van der Waals surface area contributed by atoms with Crippen LogP contribution in [0.4, 0.5) is 0 Å².